The first-order valence-corrected chi connectivity index (χ1v) is 8.03. The van der Waals surface area contributed by atoms with Gasteiger partial charge in [0.05, 0.1) is 12.8 Å². The largest absolute Gasteiger partial charge is 0.459 e. The lowest BCUT2D eigenvalue weighted by Crippen LogP contribution is -2.59. The minimum absolute atomic E-state index is 0.0469. The lowest BCUT2D eigenvalue weighted by atomic mass is 10.1. The summed E-state index contributed by atoms with van der Waals surface area (Å²) in [7, 11) is 0. The Balaban J connectivity index is 2.57. The number of hydrogen-bond donors (Lipinski definition) is 0. The predicted molar refractivity (Wildman–Crippen MR) is 82.9 cm³/mol. The van der Waals surface area contributed by atoms with Crippen LogP contribution in [-0.2, 0) is 14.3 Å². The summed E-state index contributed by atoms with van der Waals surface area (Å²) in [6.07, 6.45) is -6.72. The van der Waals surface area contributed by atoms with Crippen LogP contribution in [0.5, 0.6) is 5.75 Å². The topological polar surface area (TPSA) is 52.6 Å². The van der Waals surface area contributed by atoms with Gasteiger partial charge in [0.15, 0.2) is 6.61 Å². The third kappa shape index (κ3) is 5.94. The molecule has 1 rings (SSSR count). The Labute approximate surface area is 163 Å². The lowest BCUT2D eigenvalue weighted by molar-refractivity contribution is -0.344. The number of ether oxygens (including phenoxy) is 2. The molecule has 1 aromatic rings. The average molecular weight is 457 g/mol. The Bertz CT molecular complexity index is 754. The van der Waals surface area contributed by atoms with Crippen LogP contribution in [0.15, 0.2) is 18.2 Å². The van der Waals surface area contributed by atoms with Crippen molar-refractivity contribution in [3.8, 4) is 5.75 Å². The number of aryl methyl sites for hydroxylation is 1. The molecule has 0 radical (unpaired) electrons. The van der Waals surface area contributed by atoms with Gasteiger partial charge in [-0.2, -0.15) is 26.3 Å². The minimum atomic E-state index is -6.49. The normalized spacial score (nSPS) is 12.8. The molecule has 0 bridgehead atoms. The third-order valence-electron chi connectivity index (χ3n) is 3.46. The van der Waals surface area contributed by atoms with Crippen molar-refractivity contribution in [3.05, 3.63) is 28.8 Å². The molecule has 0 aliphatic carbocycles. The van der Waals surface area contributed by atoms with Crippen molar-refractivity contribution >= 4 is 23.5 Å². The van der Waals surface area contributed by atoms with Gasteiger partial charge in [0, 0.05) is 5.02 Å². The van der Waals surface area contributed by atoms with E-state index >= 15 is 0 Å². The Morgan fingerprint density at radius 1 is 1.03 bits per heavy atom. The number of halogens is 9. The van der Waals surface area contributed by atoms with E-state index in [1.54, 1.807) is 6.92 Å². The molecule has 1 aromatic carbocycles. The molecule has 13 heteroatoms. The highest BCUT2D eigenvalue weighted by molar-refractivity contribution is 6.31. The molecule has 0 aliphatic heterocycles. The van der Waals surface area contributed by atoms with Crippen molar-refractivity contribution in [2.24, 2.45) is 0 Å². The van der Waals surface area contributed by atoms with Crippen LogP contribution in [0.1, 0.15) is 18.4 Å². The zero-order valence-corrected chi connectivity index (χ0v) is 15.2. The van der Waals surface area contributed by atoms with E-state index in [0.717, 1.165) is 0 Å². The van der Waals surface area contributed by atoms with Gasteiger partial charge in [0.1, 0.15) is 5.75 Å². The van der Waals surface area contributed by atoms with Crippen LogP contribution in [0.2, 0.25) is 5.02 Å². The Kier molecular flexibility index (Phi) is 7.86. The van der Waals surface area contributed by atoms with Crippen LogP contribution in [0.25, 0.3) is 0 Å². The summed E-state index contributed by atoms with van der Waals surface area (Å²) in [5, 5.41) is 0.378. The molecule has 4 nitrogen and oxygen atoms in total. The fourth-order valence-electron chi connectivity index (χ4n) is 1.78. The molecule has 0 amide bonds. The second kappa shape index (κ2) is 9.14. The van der Waals surface area contributed by atoms with Crippen molar-refractivity contribution in [2.45, 2.75) is 44.0 Å². The lowest BCUT2D eigenvalue weighted by Gasteiger charge is -2.31. The maximum Gasteiger partial charge on any atom is 0.381 e. The first kappa shape index (κ1) is 24.9. The molecule has 0 heterocycles. The van der Waals surface area contributed by atoms with E-state index < -0.39 is 55.6 Å². The monoisotopic (exact) mass is 456 g/mol. The summed E-state index contributed by atoms with van der Waals surface area (Å²) in [6.45, 7) is -0.989. The summed E-state index contributed by atoms with van der Waals surface area (Å²) in [6, 6.07) is 4.10. The van der Waals surface area contributed by atoms with E-state index in [1.807, 2.05) is 0 Å². The summed E-state index contributed by atoms with van der Waals surface area (Å²) in [4.78, 5) is 22.9. The SMILES string of the molecule is Cc1cc(OC(=O)CCC(=O)OCC(F)(F)C(F)(F)C(F)(F)C(F)F)ccc1Cl. The molecule has 0 aliphatic rings. The van der Waals surface area contributed by atoms with E-state index in [1.165, 1.54) is 18.2 Å². The highest BCUT2D eigenvalue weighted by atomic mass is 35.5. The number of carbonyl (C=O) groups is 2. The Morgan fingerprint density at radius 3 is 2.10 bits per heavy atom. The van der Waals surface area contributed by atoms with Crippen LogP contribution in [-0.4, -0.2) is 42.7 Å². The quantitative estimate of drug-likeness (QED) is 0.296. The molecule has 0 spiro atoms. The Morgan fingerprint density at radius 2 is 1.59 bits per heavy atom. The van der Waals surface area contributed by atoms with Gasteiger partial charge in [-0.1, -0.05) is 11.6 Å². The first-order chi connectivity index (χ1) is 13.1. The van der Waals surface area contributed by atoms with Gasteiger partial charge in [-0.05, 0) is 30.7 Å². The van der Waals surface area contributed by atoms with Crippen LogP contribution in [0.4, 0.5) is 35.1 Å². The van der Waals surface area contributed by atoms with Crippen LogP contribution < -0.4 is 4.74 Å². The molecule has 29 heavy (non-hydrogen) atoms. The Hall–Kier alpha value is -2.11. The number of hydrogen-bond acceptors (Lipinski definition) is 4. The maximum absolute atomic E-state index is 13.2. The maximum atomic E-state index is 13.2. The van der Waals surface area contributed by atoms with E-state index in [-0.39, 0.29) is 5.75 Å². The second-order valence-electron chi connectivity index (χ2n) is 5.75. The molecule has 0 atom stereocenters. The van der Waals surface area contributed by atoms with Crippen LogP contribution >= 0.6 is 11.6 Å². The zero-order valence-electron chi connectivity index (χ0n) is 14.5. The molecular weight excluding hydrogens is 444 g/mol. The molecule has 0 aromatic heterocycles. The summed E-state index contributed by atoms with van der Waals surface area (Å²) in [5.74, 6) is -21.2. The molecule has 164 valence electrons. The van der Waals surface area contributed by atoms with Crippen LogP contribution in [0.3, 0.4) is 0 Å². The fraction of sp³-hybridized carbons (Fsp3) is 0.500. The highest BCUT2D eigenvalue weighted by Crippen LogP contribution is 2.48. The fourth-order valence-corrected chi connectivity index (χ4v) is 1.90. The summed E-state index contributed by atoms with van der Waals surface area (Å²) < 4.78 is 110. The van der Waals surface area contributed by atoms with Crippen molar-refractivity contribution in [2.75, 3.05) is 6.61 Å². The van der Waals surface area contributed by atoms with E-state index in [0.29, 0.717) is 10.6 Å². The van der Waals surface area contributed by atoms with E-state index in [2.05, 4.69) is 4.74 Å². The number of rotatable bonds is 9. The van der Waals surface area contributed by atoms with Gasteiger partial charge in [0.25, 0.3) is 0 Å². The average Bonchev–Trinajstić information content (AvgIpc) is 2.61. The zero-order chi connectivity index (χ0) is 22.6. The number of alkyl halides is 8. The molecule has 0 fully saturated rings. The molecule has 0 saturated heterocycles. The van der Waals surface area contributed by atoms with Crippen molar-refractivity contribution < 1.29 is 54.2 Å². The molecular formula is C16H13ClF8O4. The van der Waals surface area contributed by atoms with Gasteiger partial charge < -0.3 is 9.47 Å². The predicted octanol–water partition coefficient (Wildman–Crippen LogP) is 5.05. The summed E-state index contributed by atoms with van der Waals surface area (Å²) in [5.41, 5.74) is 0.556. The highest BCUT2D eigenvalue weighted by Gasteiger charge is 2.75. The molecule has 0 unspecified atom stereocenters. The minimum Gasteiger partial charge on any atom is -0.459 e. The number of benzene rings is 1. The van der Waals surface area contributed by atoms with Crippen molar-refractivity contribution in [3.63, 3.8) is 0 Å². The number of esters is 2. The first-order valence-electron chi connectivity index (χ1n) is 7.66. The number of carbonyl (C=O) groups excluding carboxylic acids is 2. The van der Waals surface area contributed by atoms with Gasteiger partial charge in [-0.3, -0.25) is 9.59 Å². The molecule has 0 saturated carbocycles. The standard InChI is InChI=1S/C16H13ClF8O4/c1-8-6-9(2-3-10(8)17)29-12(27)5-4-11(26)28-7-14(20,21)16(24,25)15(22,23)13(18)19/h2-3,6,13H,4-5,7H2,1H3. The van der Waals surface area contributed by atoms with Gasteiger partial charge in [-0.15, -0.1) is 0 Å². The van der Waals surface area contributed by atoms with E-state index in [9.17, 15) is 44.7 Å². The van der Waals surface area contributed by atoms with Gasteiger partial charge >= 0.3 is 36.1 Å². The summed E-state index contributed by atoms with van der Waals surface area (Å²) >= 11 is 5.76. The third-order valence-corrected chi connectivity index (χ3v) is 3.88. The second-order valence-corrected chi connectivity index (χ2v) is 6.16. The van der Waals surface area contributed by atoms with E-state index in [4.69, 9.17) is 16.3 Å². The van der Waals surface area contributed by atoms with Crippen molar-refractivity contribution in [1.82, 2.24) is 0 Å². The van der Waals surface area contributed by atoms with Gasteiger partial charge in [0.2, 0.25) is 0 Å². The van der Waals surface area contributed by atoms with Gasteiger partial charge in [-0.25, -0.2) is 8.78 Å². The smallest absolute Gasteiger partial charge is 0.381 e. The molecule has 0 N–H and O–H groups in total. The van der Waals surface area contributed by atoms with Crippen molar-refractivity contribution in [1.29, 1.82) is 0 Å². The van der Waals surface area contributed by atoms with Crippen LogP contribution in [0, 0.1) is 6.92 Å².